The summed E-state index contributed by atoms with van der Waals surface area (Å²) in [6, 6.07) is 4.45. The largest absolute Gasteiger partial charge is 0.492 e. The van der Waals surface area contributed by atoms with Crippen LogP contribution in [0, 0.1) is 0 Å². The molecule has 0 aliphatic rings. The lowest BCUT2D eigenvalue weighted by molar-refractivity contribution is -0.138. The summed E-state index contributed by atoms with van der Waals surface area (Å²) >= 11 is 0. The molecular formula is C19H31N5O8S. The SMILES string of the molecule is NCCCCOC(=O)NCCS(=O)(=O)N[C@@H](CNC(=O)c1ccc(OCCN)cc1)C(=O)O. The van der Waals surface area contributed by atoms with Gasteiger partial charge in [0.25, 0.3) is 5.91 Å². The van der Waals surface area contributed by atoms with E-state index >= 15 is 0 Å². The summed E-state index contributed by atoms with van der Waals surface area (Å²) in [6.45, 7) is 0.494. The van der Waals surface area contributed by atoms with Gasteiger partial charge in [-0.3, -0.25) is 9.59 Å². The molecule has 0 heterocycles. The maximum Gasteiger partial charge on any atom is 0.407 e. The molecule has 0 saturated heterocycles. The fraction of sp³-hybridized carbons (Fsp3) is 0.526. The highest BCUT2D eigenvalue weighted by Gasteiger charge is 2.25. The number of sulfonamides is 1. The van der Waals surface area contributed by atoms with E-state index in [1.807, 2.05) is 4.72 Å². The Morgan fingerprint density at radius 1 is 1.00 bits per heavy atom. The summed E-state index contributed by atoms with van der Waals surface area (Å²) in [5.74, 6) is -2.13. The van der Waals surface area contributed by atoms with Crippen LogP contribution in [0.3, 0.4) is 0 Å². The zero-order valence-corrected chi connectivity index (χ0v) is 18.9. The van der Waals surface area contributed by atoms with Crippen molar-refractivity contribution in [3.8, 4) is 5.75 Å². The molecule has 0 aliphatic heterocycles. The molecule has 0 saturated carbocycles. The van der Waals surface area contributed by atoms with Crippen molar-refractivity contribution < 1.29 is 37.4 Å². The molecule has 0 fully saturated rings. The molecule has 1 aromatic rings. The van der Waals surface area contributed by atoms with Gasteiger partial charge in [0.15, 0.2) is 0 Å². The van der Waals surface area contributed by atoms with Gasteiger partial charge >= 0.3 is 12.1 Å². The van der Waals surface area contributed by atoms with E-state index in [0.29, 0.717) is 38.3 Å². The average Bonchev–Trinajstić information content (AvgIpc) is 2.78. The van der Waals surface area contributed by atoms with Gasteiger partial charge in [0.1, 0.15) is 18.4 Å². The number of unbranched alkanes of at least 4 members (excludes halogenated alkanes) is 1. The van der Waals surface area contributed by atoms with E-state index in [1.165, 1.54) is 12.1 Å². The number of carbonyl (C=O) groups excluding carboxylic acids is 2. The molecule has 0 unspecified atom stereocenters. The van der Waals surface area contributed by atoms with Crippen LogP contribution in [-0.2, 0) is 19.6 Å². The molecule has 1 atom stereocenters. The number of hydrogen-bond acceptors (Lipinski definition) is 9. The predicted molar refractivity (Wildman–Crippen MR) is 119 cm³/mol. The van der Waals surface area contributed by atoms with Gasteiger partial charge in [0.05, 0.1) is 12.4 Å². The Labute approximate surface area is 192 Å². The standard InChI is InChI=1S/C19H31N5O8S/c20-7-1-2-10-32-19(28)22-9-12-33(29,30)24-16(18(26)27)13-23-17(25)14-3-5-15(6-4-14)31-11-8-21/h3-6,16,24H,1-2,7-13,20-21H2,(H,22,28)(H,23,25)(H,26,27)/t16-/m0/s1. The summed E-state index contributed by atoms with van der Waals surface area (Å²) in [6.07, 6.45) is 0.485. The lowest BCUT2D eigenvalue weighted by Gasteiger charge is -2.16. The van der Waals surface area contributed by atoms with Crippen LogP contribution in [0.1, 0.15) is 23.2 Å². The van der Waals surface area contributed by atoms with Gasteiger partial charge in [-0.25, -0.2) is 13.2 Å². The molecule has 14 heteroatoms. The Bertz CT molecular complexity index is 863. The number of ether oxygens (including phenoxy) is 2. The summed E-state index contributed by atoms with van der Waals surface area (Å²) in [7, 11) is -4.07. The number of benzene rings is 1. The van der Waals surface area contributed by atoms with E-state index in [9.17, 15) is 27.9 Å². The highest BCUT2D eigenvalue weighted by Crippen LogP contribution is 2.11. The van der Waals surface area contributed by atoms with Gasteiger partial charge in [-0.15, -0.1) is 0 Å². The Morgan fingerprint density at radius 3 is 2.30 bits per heavy atom. The van der Waals surface area contributed by atoms with Gasteiger partial charge in [0, 0.05) is 25.2 Å². The Hall–Kier alpha value is -2.94. The first-order chi connectivity index (χ1) is 15.7. The quantitative estimate of drug-likeness (QED) is 0.149. The molecule has 8 N–H and O–H groups in total. The van der Waals surface area contributed by atoms with Crippen LogP contribution in [0.2, 0.25) is 0 Å². The molecule has 0 aliphatic carbocycles. The normalized spacial score (nSPS) is 11.9. The van der Waals surface area contributed by atoms with Crippen LogP contribution < -0.4 is 31.6 Å². The smallest absolute Gasteiger partial charge is 0.407 e. The minimum atomic E-state index is -4.07. The average molecular weight is 490 g/mol. The highest BCUT2D eigenvalue weighted by molar-refractivity contribution is 7.89. The van der Waals surface area contributed by atoms with Crippen LogP contribution in [-0.4, -0.2) is 82.7 Å². The van der Waals surface area contributed by atoms with Crippen LogP contribution >= 0.6 is 0 Å². The predicted octanol–water partition coefficient (Wildman–Crippen LogP) is -1.41. The third-order valence-corrected chi connectivity index (χ3v) is 5.45. The van der Waals surface area contributed by atoms with Crippen molar-refractivity contribution in [2.24, 2.45) is 11.5 Å². The number of amides is 2. The number of nitrogens with one attached hydrogen (secondary N) is 3. The van der Waals surface area contributed by atoms with Crippen LogP contribution in [0.4, 0.5) is 4.79 Å². The molecule has 2 amide bonds. The Balaban J connectivity index is 2.49. The van der Waals surface area contributed by atoms with Gasteiger partial charge in [-0.2, -0.15) is 4.72 Å². The molecule has 0 bridgehead atoms. The van der Waals surface area contributed by atoms with Crippen molar-refractivity contribution in [3.63, 3.8) is 0 Å². The number of hydrogen-bond donors (Lipinski definition) is 6. The third kappa shape index (κ3) is 12.0. The van der Waals surface area contributed by atoms with Crippen LogP contribution in [0.5, 0.6) is 5.75 Å². The maximum absolute atomic E-state index is 12.2. The van der Waals surface area contributed by atoms with Crippen molar-refractivity contribution in [1.82, 2.24) is 15.4 Å². The molecular weight excluding hydrogens is 458 g/mol. The molecule has 13 nitrogen and oxygen atoms in total. The molecule has 0 spiro atoms. The van der Waals surface area contributed by atoms with E-state index in [1.54, 1.807) is 12.1 Å². The number of rotatable bonds is 16. The number of aliphatic carboxylic acids is 1. The summed E-state index contributed by atoms with van der Waals surface area (Å²) < 4.78 is 36.4. The van der Waals surface area contributed by atoms with Crippen LogP contribution in [0.15, 0.2) is 24.3 Å². The Kier molecular flexibility index (Phi) is 12.8. The Morgan fingerprint density at radius 2 is 1.70 bits per heavy atom. The molecule has 33 heavy (non-hydrogen) atoms. The zero-order chi connectivity index (χ0) is 24.7. The number of alkyl carbamates (subject to hydrolysis) is 1. The van der Waals surface area contributed by atoms with E-state index in [0.717, 1.165) is 0 Å². The lowest BCUT2D eigenvalue weighted by atomic mass is 10.2. The lowest BCUT2D eigenvalue weighted by Crippen LogP contribution is -2.49. The zero-order valence-electron chi connectivity index (χ0n) is 18.1. The fourth-order valence-corrected chi connectivity index (χ4v) is 3.49. The van der Waals surface area contributed by atoms with Crippen LogP contribution in [0.25, 0.3) is 0 Å². The van der Waals surface area contributed by atoms with E-state index < -0.39 is 46.3 Å². The second-order valence-corrected chi connectivity index (χ2v) is 8.63. The first-order valence-electron chi connectivity index (χ1n) is 10.2. The monoisotopic (exact) mass is 489 g/mol. The number of carbonyl (C=O) groups is 3. The highest BCUT2D eigenvalue weighted by atomic mass is 32.2. The molecule has 1 rings (SSSR count). The summed E-state index contributed by atoms with van der Waals surface area (Å²) in [5, 5.41) is 13.9. The van der Waals surface area contributed by atoms with Gasteiger partial charge in [-0.1, -0.05) is 0 Å². The molecule has 1 aromatic carbocycles. The van der Waals surface area contributed by atoms with Crippen molar-refractivity contribution >= 4 is 28.0 Å². The van der Waals surface area contributed by atoms with E-state index in [2.05, 4.69) is 10.6 Å². The van der Waals surface area contributed by atoms with Crippen molar-refractivity contribution in [2.75, 3.05) is 45.1 Å². The van der Waals surface area contributed by atoms with Crippen molar-refractivity contribution in [2.45, 2.75) is 18.9 Å². The summed E-state index contributed by atoms with van der Waals surface area (Å²) in [5.41, 5.74) is 10.9. The minimum Gasteiger partial charge on any atom is -0.492 e. The van der Waals surface area contributed by atoms with Crippen molar-refractivity contribution in [3.05, 3.63) is 29.8 Å². The first-order valence-corrected chi connectivity index (χ1v) is 11.9. The third-order valence-electron chi connectivity index (χ3n) is 4.06. The second kappa shape index (κ2) is 15.0. The fourth-order valence-electron chi connectivity index (χ4n) is 2.38. The second-order valence-electron chi connectivity index (χ2n) is 6.76. The molecule has 0 radical (unpaired) electrons. The minimum absolute atomic E-state index is 0.151. The first kappa shape index (κ1) is 28.1. The van der Waals surface area contributed by atoms with Gasteiger partial charge in [0.2, 0.25) is 10.0 Å². The van der Waals surface area contributed by atoms with Crippen molar-refractivity contribution in [1.29, 1.82) is 0 Å². The molecule has 186 valence electrons. The van der Waals surface area contributed by atoms with E-state index in [-0.39, 0.29) is 18.7 Å². The van der Waals surface area contributed by atoms with E-state index in [4.69, 9.17) is 20.9 Å². The number of carboxylic acids is 1. The van der Waals surface area contributed by atoms with Gasteiger partial charge < -0.3 is 36.7 Å². The summed E-state index contributed by atoms with van der Waals surface area (Å²) in [4.78, 5) is 35.1. The maximum atomic E-state index is 12.2. The molecule has 0 aromatic heterocycles. The van der Waals surface area contributed by atoms with Gasteiger partial charge in [-0.05, 0) is 43.7 Å². The topological polar surface area (TPSA) is 212 Å². The number of nitrogens with two attached hydrogens (primary N) is 2. The number of carboxylic acid groups (broad SMARTS) is 1.